The molecule has 0 spiro atoms. The van der Waals surface area contributed by atoms with Gasteiger partial charge in [-0.1, -0.05) is 45.9 Å². The molecule has 0 saturated heterocycles. The fourth-order valence-electron chi connectivity index (χ4n) is 6.91. The molecule has 0 aromatic heterocycles. The van der Waals surface area contributed by atoms with Crippen LogP contribution in [0.25, 0.3) is 0 Å². The number of aliphatic hydroxyl groups is 2. The van der Waals surface area contributed by atoms with E-state index in [1.807, 2.05) is 13.0 Å². The Kier molecular flexibility index (Phi) is 5.14. The van der Waals surface area contributed by atoms with Gasteiger partial charge in [0, 0.05) is 10.8 Å². The van der Waals surface area contributed by atoms with Crippen molar-refractivity contribution in [1.29, 1.82) is 0 Å². The average molecular weight is 377 g/mol. The number of allylic oxidation sites excluding steroid dienone is 1. The standard InChI is InChI=1S/C23H36O4/c1-7-21(5)12-17(27-18(25)13-24)22(6)15(3)9-11-23(16(4)20(21)26)10-8-14(2)19(22)23/h7,15-17,19-20,24,26H,1-2,8-13H2,3-6H3/t15?,16-,17+,19?,20-,21+,22-,23+/m0/s1. The van der Waals surface area contributed by atoms with Crippen molar-refractivity contribution in [3.05, 3.63) is 24.8 Å². The zero-order valence-electron chi connectivity index (χ0n) is 17.3. The van der Waals surface area contributed by atoms with E-state index in [1.54, 1.807) is 0 Å². The molecule has 152 valence electrons. The van der Waals surface area contributed by atoms with Gasteiger partial charge in [0.15, 0.2) is 0 Å². The van der Waals surface area contributed by atoms with Crippen molar-refractivity contribution in [2.45, 2.75) is 72.0 Å². The topological polar surface area (TPSA) is 66.8 Å². The number of rotatable bonds is 3. The molecular formula is C23H36O4. The van der Waals surface area contributed by atoms with E-state index in [1.165, 1.54) is 5.57 Å². The summed E-state index contributed by atoms with van der Waals surface area (Å²) in [6, 6.07) is 0. The minimum atomic E-state index is -0.624. The van der Waals surface area contributed by atoms with Crippen LogP contribution in [-0.4, -0.2) is 35.0 Å². The van der Waals surface area contributed by atoms with Gasteiger partial charge in [0.25, 0.3) is 0 Å². The van der Waals surface area contributed by atoms with Crippen LogP contribution in [0.5, 0.6) is 0 Å². The highest BCUT2D eigenvalue weighted by atomic mass is 16.6. The normalized spacial score (nSPS) is 49.7. The van der Waals surface area contributed by atoms with E-state index < -0.39 is 30.2 Å². The van der Waals surface area contributed by atoms with Gasteiger partial charge in [-0.3, -0.25) is 0 Å². The minimum absolute atomic E-state index is 0.0215. The van der Waals surface area contributed by atoms with Crippen molar-refractivity contribution < 1.29 is 19.7 Å². The molecular weight excluding hydrogens is 340 g/mol. The van der Waals surface area contributed by atoms with E-state index >= 15 is 0 Å². The molecule has 3 aliphatic carbocycles. The molecule has 3 fully saturated rings. The van der Waals surface area contributed by atoms with Crippen molar-refractivity contribution >= 4 is 5.97 Å². The fourth-order valence-corrected chi connectivity index (χ4v) is 6.91. The molecule has 2 bridgehead atoms. The Morgan fingerprint density at radius 1 is 1.33 bits per heavy atom. The first-order valence-corrected chi connectivity index (χ1v) is 10.4. The molecule has 0 aromatic rings. The molecule has 0 heterocycles. The second-order valence-corrected chi connectivity index (χ2v) is 9.91. The molecule has 2 unspecified atom stereocenters. The first-order chi connectivity index (χ1) is 12.6. The summed E-state index contributed by atoms with van der Waals surface area (Å²) >= 11 is 0. The van der Waals surface area contributed by atoms with Crippen LogP contribution >= 0.6 is 0 Å². The number of hydrogen-bond acceptors (Lipinski definition) is 4. The van der Waals surface area contributed by atoms with Crippen LogP contribution in [0.2, 0.25) is 0 Å². The lowest BCUT2D eigenvalue weighted by Gasteiger charge is -2.62. The van der Waals surface area contributed by atoms with Gasteiger partial charge in [-0.05, 0) is 55.3 Å². The largest absolute Gasteiger partial charge is 0.460 e. The summed E-state index contributed by atoms with van der Waals surface area (Å²) in [5.74, 6) is 0.0940. The maximum atomic E-state index is 12.1. The third-order valence-corrected chi connectivity index (χ3v) is 8.87. The van der Waals surface area contributed by atoms with Crippen LogP contribution in [0.15, 0.2) is 24.8 Å². The first-order valence-electron chi connectivity index (χ1n) is 10.4. The summed E-state index contributed by atoms with van der Waals surface area (Å²) in [5, 5.41) is 20.7. The summed E-state index contributed by atoms with van der Waals surface area (Å²) < 4.78 is 5.88. The third-order valence-electron chi connectivity index (χ3n) is 8.87. The van der Waals surface area contributed by atoms with Gasteiger partial charge < -0.3 is 14.9 Å². The Morgan fingerprint density at radius 3 is 2.59 bits per heavy atom. The molecule has 3 saturated carbocycles. The molecule has 0 aliphatic heterocycles. The SMILES string of the molecule is C=C[C@]1(C)C[C@@H](OC(=O)CO)[C@]2(C)C(C)CC[C@]3(CCC(=C)C32)[C@@H](C)[C@@H]1O. The Morgan fingerprint density at radius 2 is 2.00 bits per heavy atom. The molecule has 27 heavy (non-hydrogen) atoms. The number of hydrogen-bond donors (Lipinski definition) is 2. The number of carbonyl (C=O) groups excluding carboxylic acids is 1. The van der Waals surface area contributed by atoms with Crippen LogP contribution < -0.4 is 0 Å². The zero-order chi connectivity index (χ0) is 20.2. The summed E-state index contributed by atoms with van der Waals surface area (Å²) in [7, 11) is 0. The van der Waals surface area contributed by atoms with E-state index in [0.717, 1.165) is 25.7 Å². The Labute approximate surface area is 163 Å². The highest BCUT2D eigenvalue weighted by Crippen LogP contribution is 2.70. The highest BCUT2D eigenvalue weighted by molar-refractivity contribution is 5.70. The number of aliphatic hydroxyl groups excluding tert-OH is 2. The number of ether oxygens (including phenoxy) is 1. The average Bonchev–Trinajstić information content (AvgIpc) is 3.00. The van der Waals surface area contributed by atoms with Gasteiger partial charge in [-0.15, -0.1) is 6.58 Å². The molecule has 3 aliphatic rings. The van der Waals surface area contributed by atoms with E-state index in [-0.39, 0.29) is 22.7 Å². The third kappa shape index (κ3) is 2.74. The Balaban J connectivity index is 2.21. The molecule has 4 nitrogen and oxygen atoms in total. The van der Waals surface area contributed by atoms with E-state index in [2.05, 4.69) is 33.9 Å². The Bertz CT molecular complexity index is 642. The van der Waals surface area contributed by atoms with Crippen molar-refractivity contribution in [3.63, 3.8) is 0 Å². The molecule has 8 atom stereocenters. The van der Waals surface area contributed by atoms with Gasteiger partial charge in [-0.2, -0.15) is 0 Å². The number of carbonyl (C=O) groups is 1. The summed E-state index contributed by atoms with van der Waals surface area (Å²) in [5.41, 5.74) is 0.386. The highest BCUT2D eigenvalue weighted by Gasteiger charge is 2.66. The second-order valence-electron chi connectivity index (χ2n) is 9.91. The van der Waals surface area contributed by atoms with Crippen molar-refractivity contribution in [1.82, 2.24) is 0 Å². The van der Waals surface area contributed by atoms with Gasteiger partial charge in [0.2, 0.25) is 0 Å². The van der Waals surface area contributed by atoms with Crippen molar-refractivity contribution in [2.24, 2.45) is 34.0 Å². The lowest BCUT2D eigenvalue weighted by atomic mass is 9.43. The zero-order valence-corrected chi connectivity index (χ0v) is 17.3. The molecule has 3 rings (SSSR count). The van der Waals surface area contributed by atoms with Crippen LogP contribution in [0.4, 0.5) is 0 Å². The monoisotopic (exact) mass is 376 g/mol. The van der Waals surface area contributed by atoms with Crippen LogP contribution in [0, 0.1) is 34.0 Å². The number of esters is 1. The summed E-state index contributed by atoms with van der Waals surface area (Å²) in [6.07, 6.45) is 5.51. The molecule has 2 N–H and O–H groups in total. The van der Waals surface area contributed by atoms with Gasteiger partial charge in [-0.25, -0.2) is 4.79 Å². The molecule has 4 heteroatoms. The van der Waals surface area contributed by atoms with Crippen LogP contribution in [0.1, 0.15) is 59.8 Å². The predicted octanol–water partition coefficient (Wildman–Crippen LogP) is 3.87. The lowest BCUT2D eigenvalue weighted by molar-refractivity contribution is -0.203. The molecule has 0 amide bonds. The van der Waals surface area contributed by atoms with Crippen molar-refractivity contribution in [3.8, 4) is 0 Å². The summed E-state index contributed by atoms with van der Waals surface area (Å²) in [4.78, 5) is 12.1. The summed E-state index contributed by atoms with van der Waals surface area (Å²) in [6.45, 7) is 16.5. The predicted molar refractivity (Wildman–Crippen MR) is 106 cm³/mol. The van der Waals surface area contributed by atoms with Gasteiger partial charge in [0.1, 0.15) is 12.7 Å². The quantitative estimate of drug-likeness (QED) is 0.580. The van der Waals surface area contributed by atoms with E-state index in [9.17, 15) is 15.0 Å². The van der Waals surface area contributed by atoms with E-state index in [0.29, 0.717) is 12.3 Å². The smallest absolute Gasteiger partial charge is 0.332 e. The molecule has 0 aromatic carbocycles. The maximum Gasteiger partial charge on any atom is 0.332 e. The van der Waals surface area contributed by atoms with Gasteiger partial charge in [0.05, 0.1) is 6.10 Å². The van der Waals surface area contributed by atoms with Gasteiger partial charge >= 0.3 is 5.97 Å². The van der Waals surface area contributed by atoms with Crippen LogP contribution in [0.3, 0.4) is 0 Å². The second kappa shape index (κ2) is 6.73. The fraction of sp³-hybridized carbons (Fsp3) is 0.783. The minimum Gasteiger partial charge on any atom is -0.460 e. The molecule has 0 radical (unpaired) electrons. The first kappa shape index (κ1) is 20.6. The van der Waals surface area contributed by atoms with Crippen molar-refractivity contribution in [2.75, 3.05) is 6.61 Å². The lowest BCUT2D eigenvalue weighted by Crippen LogP contribution is -2.62. The maximum absolute atomic E-state index is 12.1. The van der Waals surface area contributed by atoms with Crippen LogP contribution in [-0.2, 0) is 9.53 Å². The van der Waals surface area contributed by atoms with E-state index in [4.69, 9.17) is 4.74 Å². The Hall–Kier alpha value is -1.13.